The van der Waals surface area contributed by atoms with Crippen molar-refractivity contribution in [3.63, 3.8) is 0 Å². The third-order valence-electron chi connectivity index (χ3n) is 6.55. The molecular formula is C31H37Cl2N3O4S. The number of anilines is 1. The summed E-state index contributed by atoms with van der Waals surface area (Å²) < 4.78 is 29.2. The number of benzene rings is 3. The van der Waals surface area contributed by atoms with Crippen molar-refractivity contribution in [2.24, 2.45) is 0 Å². The Morgan fingerprint density at radius 1 is 0.927 bits per heavy atom. The lowest BCUT2D eigenvalue weighted by molar-refractivity contribution is -0.141. The summed E-state index contributed by atoms with van der Waals surface area (Å²) in [6.07, 6.45) is 0.322. The van der Waals surface area contributed by atoms with E-state index in [0.717, 1.165) is 15.4 Å². The molecule has 0 aliphatic rings. The molecule has 0 aliphatic carbocycles. The molecule has 220 valence electrons. The van der Waals surface area contributed by atoms with Crippen molar-refractivity contribution in [1.29, 1.82) is 0 Å². The Morgan fingerprint density at radius 2 is 1.54 bits per heavy atom. The second-order valence-corrected chi connectivity index (χ2v) is 13.7. The van der Waals surface area contributed by atoms with Gasteiger partial charge < -0.3 is 10.2 Å². The van der Waals surface area contributed by atoms with Gasteiger partial charge in [-0.25, -0.2) is 8.42 Å². The van der Waals surface area contributed by atoms with Crippen LogP contribution in [0.5, 0.6) is 0 Å². The van der Waals surface area contributed by atoms with Gasteiger partial charge in [0.2, 0.25) is 11.8 Å². The second kappa shape index (κ2) is 13.3. The Hall–Kier alpha value is -3.07. The maximum Gasteiger partial charge on any atom is 0.264 e. The van der Waals surface area contributed by atoms with E-state index in [1.807, 2.05) is 34.6 Å². The molecule has 0 saturated carbocycles. The normalized spacial score (nSPS) is 12.5. The second-order valence-electron chi connectivity index (χ2n) is 11.0. The first-order valence-corrected chi connectivity index (χ1v) is 15.5. The summed E-state index contributed by atoms with van der Waals surface area (Å²) in [7, 11) is -4.19. The summed E-state index contributed by atoms with van der Waals surface area (Å²) in [5.41, 5.74) is 1.91. The molecule has 0 aromatic heterocycles. The van der Waals surface area contributed by atoms with Gasteiger partial charge in [0.15, 0.2) is 0 Å². The quantitative estimate of drug-likeness (QED) is 0.280. The Bertz CT molecular complexity index is 1490. The third-order valence-corrected chi connectivity index (χ3v) is 8.98. The van der Waals surface area contributed by atoms with Crippen LogP contribution >= 0.6 is 23.2 Å². The van der Waals surface area contributed by atoms with E-state index >= 15 is 0 Å². The fourth-order valence-electron chi connectivity index (χ4n) is 4.38. The molecule has 3 aromatic rings. The zero-order valence-corrected chi connectivity index (χ0v) is 26.6. The smallest absolute Gasteiger partial charge is 0.264 e. The highest BCUT2D eigenvalue weighted by Gasteiger charge is 2.35. The van der Waals surface area contributed by atoms with Crippen molar-refractivity contribution in [3.05, 3.63) is 93.5 Å². The first-order valence-electron chi connectivity index (χ1n) is 13.3. The number of nitrogens with one attached hydrogen (secondary N) is 1. The van der Waals surface area contributed by atoms with Gasteiger partial charge in [0.25, 0.3) is 10.0 Å². The largest absolute Gasteiger partial charge is 0.350 e. The van der Waals surface area contributed by atoms with Crippen molar-refractivity contribution in [1.82, 2.24) is 10.2 Å². The molecule has 0 bridgehead atoms. The minimum atomic E-state index is -4.19. The molecular weight excluding hydrogens is 581 g/mol. The van der Waals surface area contributed by atoms with Gasteiger partial charge in [-0.1, -0.05) is 66.0 Å². The number of halogens is 2. The number of carbonyl (C=O) groups excluding carboxylic acids is 2. The monoisotopic (exact) mass is 617 g/mol. The van der Waals surface area contributed by atoms with Gasteiger partial charge >= 0.3 is 0 Å². The SMILES string of the molecule is CCC(C(=O)NC(C)(C)C)N(Cc1ccc(Cl)cc1)C(=O)CN(c1cccc(Cl)c1C)S(=O)(=O)c1ccc(C)cc1. The minimum absolute atomic E-state index is 0.0389. The van der Waals surface area contributed by atoms with Crippen LogP contribution in [-0.4, -0.2) is 43.3 Å². The fourth-order valence-corrected chi connectivity index (χ4v) is 6.14. The molecule has 3 aromatic carbocycles. The lowest BCUT2D eigenvalue weighted by Gasteiger charge is -2.35. The molecule has 1 unspecified atom stereocenters. The average molecular weight is 619 g/mol. The highest BCUT2D eigenvalue weighted by Crippen LogP contribution is 2.31. The number of hydrogen-bond acceptors (Lipinski definition) is 4. The highest BCUT2D eigenvalue weighted by molar-refractivity contribution is 7.92. The summed E-state index contributed by atoms with van der Waals surface area (Å²) in [4.78, 5) is 29.1. The van der Waals surface area contributed by atoms with Gasteiger partial charge in [-0.05, 0) is 88.6 Å². The molecule has 0 heterocycles. The van der Waals surface area contributed by atoms with E-state index in [0.29, 0.717) is 22.0 Å². The van der Waals surface area contributed by atoms with Gasteiger partial charge in [0.1, 0.15) is 12.6 Å². The van der Waals surface area contributed by atoms with Gasteiger partial charge in [0, 0.05) is 22.1 Å². The van der Waals surface area contributed by atoms with Crippen LogP contribution in [0.1, 0.15) is 50.8 Å². The Labute approximate surface area is 253 Å². The molecule has 0 aliphatic heterocycles. The lowest BCUT2D eigenvalue weighted by Crippen LogP contribution is -2.55. The Morgan fingerprint density at radius 3 is 2.10 bits per heavy atom. The topological polar surface area (TPSA) is 86.8 Å². The van der Waals surface area contributed by atoms with Crippen molar-refractivity contribution < 1.29 is 18.0 Å². The van der Waals surface area contributed by atoms with Crippen LogP contribution in [0.15, 0.2) is 71.6 Å². The first-order chi connectivity index (χ1) is 19.1. The molecule has 1 atom stereocenters. The van der Waals surface area contributed by atoms with E-state index in [1.54, 1.807) is 61.5 Å². The maximum atomic E-state index is 14.2. The van der Waals surface area contributed by atoms with Crippen LogP contribution in [0.2, 0.25) is 10.0 Å². The van der Waals surface area contributed by atoms with Crippen LogP contribution in [0.4, 0.5) is 5.69 Å². The van der Waals surface area contributed by atoms with Crippen molar-refractivity contribution in [2.75, 3.05) is 10.8 Å². The van der Waals surface area contributed by atoms with Gasteiger partial charge in [0.05, 0.1) is 10.6 Å². The number of carbonyl (C=O) groups is 2. The van der Waals surface area contributed by atoms with Crippen molar-refractivity contribution in [2.45, 2.75) is 71.0 Å². The van der Waals surface area contributed by atoms with E-state index in [4.69, 9.17) is 23.2 Å². The molecule has 2 amide bonds. The summed E-state index contributed by atoms with van der Waals surface area (Å²) in [5.74, 6) is -0.861. The first kappa shape index (κ1) is 32.4. The molecule has 0 spiro atoms. The molecule has 7 nitrogen and oxygen atoms in total. The predicted octanol–water partition coefficient (Wildman–Crippen LogP) is 6.53. The van der Waals surface area contributed by atoms with Crippen LogP contribution in [0.25, 0.3) is 0 Å². The average Bonchev–Trinajstić information content (AvgIpc) is 2.89. The molecule has 1 N–H and O–H groups in total. The van der Waals surface area contributed by atoms with E-state index in [1.165, 1.54) is 17.0 Å². The zero-order valence-electron chi connectivity index (χ0n) is 24.2. The zero-order chi connectivity index (χ0) is 30.5. The van der Waals surface area contributed by atoms with Crippen LogP contribution in [0.3, 0.4) is 0 Å². The number of rotatable bonds is 10. The number of sulfonamides is 1. The molecule has 0 saturated heterocycles. The van der Waals surface area contributed by atoms with Crippen molar-refractivity contribution >= 4 is 50.7 Å². The maximum absolute atomic E-state index is 14.2. The van der Waals surface area contributed by atoms with Crippen LogP contribution in [0, 0.1) is 13.8 Å². The van der Waals surface area contributed by atoms with Crippen LogP contribution < -0.4 is 9.62 Å². The number of hydrogen-bond donors (Lipinski definition) is 1. The van der Waals surface area contributed by atoms with E-state index < -0.39 is 34.1 Å². The minimum Gasteiger partial charge on any atom is -0.350 e. The van der Waals surface area contributed by atoms with Crippen LogP contribution in [-0.2, 0) is 26.2 Å². The predicted molar refractivity (Wildman–Crippen MR) is 166 cm³/mol. The molecule has 41 heavy (non-hydrogen) atoms. The lowest BCUT2D eigenvalue weighted by atomic mass is 10.1. The van der Waals surface area contributed by atoms with E-state index in [9.17, 15) is 18.0 Å². The fraction of sp³-hybridized carbons (Fsp3) is 0.355. The molecule has 0 radical (unpaired) electrons. The number of aryl methyl sites for hydroxylation is 1. The Balaban J connectivity index is 2.11. The highest BCUT2D eigenvalue weighted by atomic mass is 35.5. The summed E-state index contributed by atoms with van der Waals surface area (Å²) in [5, 5.41) is 3.87. The summed E-state index contributed by atoms with van der Waals surface area (Å²) in [6, 6.07) is 17.5. The van der Waals surface area contributed by atoms with Crippen molar-refractivity contribution in [3.8, 4) is 0 Å². The number of amides is 2. The molecule has 0 fully saturated rings. The number of nitrogens with zero attached hydrogens (tertiary/aromatic N) is 2. The summed E-state index contributed by atoms with van der Waals surface area (Å²) in [6.45, 7) is 10.5. The van der Waals surface area contributed by atoms with Gasteiger partial charge in [-0.3, -0.25) is 13.9 Å². The molecule has 10 heteroatoms. The standard InChI is InChI=1S/C31H37Cl2N3O4S/c1-7-27(30(38)34-31(4,5)6)35(19-23-13-15-24(32)16-14-23)29(37)20-36(28-10-8-9-26(33)22(28)3)41(39,40)25-17-11-21(2)12-18-25/h8-18,27H,7,19-20H2,1-6H3,(H,34,38). The van der Waals surface area contributed by atoms with Gasteiger partial charge in [-0.2, -0.15) is 0 Å². The third kappa shape index (κ3) is 8.24. The molecule has 3 rings (SSSR count). The van der Waals surface area contributed by atoms with E-state index in [-0.39, 0.29) is 23.0 Å². The summed E-state index contributed by atoms with van der Waals surface area (Å²) >= 11 is 12.5. The Kier molecular flexibility index (Phi) is 10.5. The van der Waals surface area contributed by atoms with Gasteiger partial charge in [-0.15, -0.1) is 0 Å². The van der Waals surface area contributed by atoms with E-state index in [2.05, 4.69) is 5.32 Å².